The molecule has 0 bridgehead atoms. The lowest BCUT2D eigenvalue weighted by Crippen LogP contribution is -2.38. The van der Waals surface area contributed by atoms with Gasteiger partial charge in [0.05, 0.1) is 0 Å². The Balaban J connectivity index is 1.77. The van der Waals surface area contributed by atoms with Gasteiger partial charge < -0.3 is 10.2 Å². The van der Waals surface area contributed by atoms with E-state index in [1.807, 2.05) is 6.07 Å². The van der Waals surface area contributed by atoms with Gasteiger partial charge in [0.2, 0.25) is 0 Å². The third-order valence-electron chi connectivity index (χ3n) is 4.15. The lowest BCUT2D eigenvalue weighted by Gasteiger charge is -2.33. The zero-order valence-corrected chi connectivity index (χ0v) is 12.6. The Labute approximate surface area is 122 Å². The highest BCUT2D eigenvalue weighted by molar-refractivity contribution is 6.18. The van der Waals surface area contributed by atoms with E-state index < -0.39 is 0 Å². The predicted molar refractivity (Wildman–Crippen MR) is 82.8 cm³/mol. The van der Waals surface area contributed by atoms with E-state index in [1.54, 1.807) is 0 Å². The van der Waals surface area contributed by atoms with Gasteiger partial charge in [-0.3, -0.25) is 0 Å². The minimum absolute atomic E-state index is 0.275. The number of likely N-dealkylation sites (tertiary alicyclic amines) is 1. The van der Waals surface area contributed by atoms with Crippen LogP contribution in [0.15, 0.2) is 30.3 Å². The lowest BCUT2D eigenvalue weighted by atomic mass is 10.00. The fraction of sp³-hybridized carbons (Fsp3) is 0.625. The van der Waals surface area contributed by atoms with Crippen LogP contribution in [-0.2, 0) is 0 Å². The van der Waals surface area contributed by atoms with Crippen molar-refractivity contribution in [1.29, 1.82) is 0 Å². The van der Waals surface area contributed by atoms with Crippen LogP contribution < -0.4 is 5.32 Å². The summed E-state index contributed by atoms with van der Waals surface area (Å²) in [5.74, 6) is 0.629. The highest BCUT2D eigenvalue weighted by Crippen LogP contribution is 2.18. The molecule has 0 amide bonds. The standard InChI is InChI=1S/C16H25ClN2/c1-19-12-6-5-9-15(19)10-11-18-16(13-17)14-7-3-2-4-8-14/h2-4,7-8,15-16,18H,5-6,9-13H2,1H3. The van der Waals surface area contributed by atoms with Crippen LogP contribution in [0.25, 0.3) is 0 Å². The number of hydrogen-bond donors (Lipinski definition) is 1. The Kier molecular flexibility index (Phi) is 6.15. The molecule has 2 rings (SSSR count). The van der Waals surface area contributed by atoms with Crippen molar-refractivity contribution in [2.45, 2.75) is 37.8 Å². The second-order valence-corrected chi connectivity index (χ2v) is 5.80. The first-order valence-corrected chi connectivity index (χ1v) is 7.89. The lowest BCUT2D eigenvalue weighted by molar-refractivity contribution is 0.174. The van der Waals surface area contributed by atoms with Gasteiger partial charge in [-0.25, -0.2) is 0 Å². The predicted octanol–water partition coefficient (Wildman–Crippen LogP) is 3.43. The van der Waals surface area contributed by atoms with E-state index in [1.165, 1.54) is 37.8 Å². The topological polar surface area (TPSA) is 15.3 Å². The third-order valence-corrected chi connectivity index (χ3v) is 4.45. The average Bonchev–Trinajstić information content (AvgIpc) is 2.46. The van der Waals surface area contributed by atoms with E-state index in [0.717, 1.165) is 12.6 Å². The molecule has 1 aromatic rings. The Hall–Kier alpha value is -0.570. The van der Waals surface area contributed by atoms with E-state index in [0.29, 0.717) is 5.88 Å². The molecule has 1 saturated heterocycles. The van der Waals surface area contributed by atoms with Crippen molar-refractivity contribution in [3.05, 3.63) is 35.9 Å². The molecule has 19 heavy (non-hydrogen) atoms. The molecule has 1 aliphatic heterocycles. The smallest absolute Gasteiger partial charge is 0.0457 e. The average molecular weight is 281 g/mol. The first-order valence-electron chi connectivity index (χ1n) is 7.36. The molecule has 1 aromatic carbocycles. The number of halogens is 1. The van der Waals surface area contributed by atoms with Crippen molar-refractivity contribution >= 4 is 11.6 Å². The summed E-state index contributed by atoms with van der Waals surface area (Å²) < 4.78 is 0. The molecule has 3 heteroatoms. The second kappa shape index (κ2) is 7.88. The fourth-order valence-corrected chi connectivity index (χ4v) is 3.17. The van der Waals surface area contributed by atoms with Crippen LogP contribution in [-0.4, -0.2) is 37.0 Å². The second-order valence-electron chi connectivity index (χ2n) is 5.49. The molecule has 0 radical (unpaired) electrons. The molecule has 2 nitrogen and oxygen atoms in total. The molecular weight excluding hydrogens is 256 g/mol. The number of alkyl halides is 1. The maximum Gasteiger partial charge on any atom is 0.0457 e. The van der Waals surface area contributed by atoms with Crippen LogP contribution >= 0.6 is 11.6 Å². The summed E-state index contributed by atoms with van der Waals surface area (Å²) in [4.78, 5) is 2.50. The summed E-state index contributed by atoms with van der Waals surface area (Å²) in [6.45, 7) is 2.30. The highest BCUT2D eigenvalue weighted by atomic mass is 35.5. The minimum Gasteiger partial charge on any atom is -0.309 e. The SMILES string of the molecule is CN1CCCCC1CCNC(CCl)c1ccccc1. The van der Waals surface area contributed by atoms with Gasteiger partial charge in [0.25, 0.3) is 0 Å². The molecule has 0 saturated carbocycles. The number of nitrogens with one attached hydrogen (secondary N) is 1. The van der Waals surface area contributed by atoms with Crippen LogP contribution in [0, 0.1) is 0 Å². The molecule has 1 aliphatic rings. The van der Waals surface area contributed by atoms with Crippen LogP contribution in [0.4, 0.5) is 0 Å². The summed E-state index contributed by atoms with van der Waals surface area (Å²) in [6, 6.07) is 11.5. The monoisotopic (exact) mass is 280 g/mol. The van der Waals surface area contributed by atoms with Crippen molar-refractivity contribution in [3.8, 4) is 0 Å². The molecule has 2 unspecified atom stereocenters. The van der Waals surface area contributed by atoms with E-state index >= 15 is 0 Å². The van der Waals surface area contributed by atoms with Crippen molar-refractivity contribution in [2.24, 2.45) is 0 Å². The summed E-state index contributed by atoms with van der Waals surface area (Å²) in [5, 5.41) is 3.59. The van der Waals surface area contributed by atoms with E-state index in [4.69, 9.17) is 11.6 Å². The summed E-state index contributed by atoms with van der Waals surface area (Å²) >= 11 is 6.08. The van der Waals surface area contributed by atoms with Crippen LogP contribution in [0.3, 0.4) is 0 Å². The fourth-order valence-electron chi connectivity index (χ4n) is 2.88. The Bertz CT molecular complexity index is 355. The third kappa shape index (κ3) is 4.48. The Morgan fingerprint density at radius 3 is 2.79 bits per heavy atom. The first kappa shape index (κ1) is 14.8. The number of rotatable bonds is 6. The molecule has 1 N–H and O–H groups in total. The zero-order chi connectivity index (χ0) is 13.5. The van der Waals surface area contributed by atoms with Crippen molar-refractivity contribution < 1.29 is 0 Å². The molecule has 106 valence electrons. The van der Waals surface area contributed by atoms with E-state index in [9.17, 15) is 0 Å². The van der Waals surface area contributed by atoms with Crippen LogP contribution in [0.2, 0.25) is 0 Å². The highest BCUT2D eigenvalue weighted by Gasteiger charge is 2.18. The molecule has 2 atom stereocenters. The first-order chi connectivity index (χ1) is 9.31. The van der Waals surface area contributed by atoms with Gasteiger partial charge in [0, 0.05) is 18.0 Å². The number of hydrogen-bond acceptors (Lipinski definition) is 2. The Morgan fingerprint density at radius 1 is 1.32 bits per heavy atom. The van der Waals surface area contributed by atoms with Crippen LogP contribution in [0.1, 0.15) is 37.3 Å². The molecule has 0 aliphatic carbocycles. The van der Waals surface area contributed by atoms with Gasteiger partial charge >= 0.3 is 0 Å². The summed E-state index contributed by atoms with van der Waals surface area (Å²) in [7, 11) is 2.25. The van der Waals surface area contributed by atoms with Gasteiger partial charge in [0.1, 0.15) is 0 Å². The molecule has 0 aromatic heterocycles. The number of nitrogens with zero attached hydrogens (tertiary/aromatic N) is 1. The maximum absolute atomic E-state index is 6.08. The summed E-state index contributed by atoms with van der Waals surface area (Å²) in [5.41, 5.74) is 1.29. The van der Waals surface area contributed by atoms with Gasteiger partial charge in [-0.2, -0.15) is 0 Å². The van der Waals surface area contributed by atoms with Gasteiger partial charge in [-0.15, -0.1) is 11.6 Å². The van der Waals surface area contributed by atoms with Gasteiger partial charge in [0.15, 0.2) is 0 Å². The van der Waals surface area contributed by atoms with Gasteiger partial charge in [-0.1, -0.05) is 36.8 Å². The summed E-state index contributed by atoms with van der Waals surface area (Å²) in [6.07, 6.45) is 5.30. The number of piperidine rings is 1. The van der Waals surface area contributed by atoms with E-state index in [-0.39, 0.29) is 6.04 Å². The maximum atomic E-state index is 6.08. The minimum atomic E-state index is 0.275. The zero-order valence-electron chi connectivity index (χ0n) is 11.8. The normalized spacial score (nSPS) is 22.3. The van der Waals surface area contributed by atoms with Gasteiger partial charge in [-0.05, 0) is 45.0 Å². The van der Waals surface area contributed by atoms with E-state index in [2.05, 4.69) is 41.5 Å². The molecule has 1 heterocycles. The van der Waals surface area contributed by atoms with Crippen molar-refractivity contribution in [2.75, 3.05) is 26.0 Å². The van der Waals surface area contributed by atoms with Crippen LogP contribution in [0.5, 0.6) is 0 Å². The van der Waals surface area contributed by atoms with Crippen molar-refractivity contribution in [3.63, 3.8) is 0 Å². The molecular formula is C16H25ClN2. The number of benzene rings is 1. The quantitative estimate of drug-likeness (QED) is 0.803. The molecule has 1 fully saturated rings. The largest absolute Gasteiger partial charge is 0.309 e. The Morgan fingerprint density at radius 2 is 2.11 bits per heavy atom. The van der Waals surface area contributed by atoms with Crippen molar-refractivity contribution in [1.82, 2.24) is 10.2 Å². The molecule has 0 spiro atoms.